The monoisotopic (exact) mass is 304 g/mol. The first-order valence-corrected chi connectivity index (χ1v) is 9.10. The quantitative estimate of drug-likeness (QED) is 0.619. The summed E-state index contributed by atoms with van der Waals surface area (Å²) in [6.45, 7) is 4.51. The fourth-order valence-corrected chi connectivity index (χ4v) is 4.97. The second-order valence-electron chi connectivity index (χ2n) is 5.76. The maximum atomic E-state index is 2.39. The van der Waals surface area contributed by atoms with Crippen LogP contribution in [-0.4, -0.2) is 0 Å². The normalized spacial score (nSPS) is 11.1. The average molecular weight is 304 g/mol. The van der Waals surface area contributed by atoms with Gasteiger partial charge < -0.3 is 0 Å². The van der Waals surface area contributed by atoms with Gasteiger partial charge in [0.25, 0.3) is 0 Å². The van der Waals surface area contributed by atoms with Gasteiger partial charge in [-0.25, -0.2) is 0 Å². The average Bonchev–Trinajstić information content (AvgIpc) is 2.57. The highest BCUT2D eigenvalue weighted by Crippen LogP contribution is 2.33. The molecule has 1 heteroatoms. The van der Waals surface area contributed by atoms with Gasteiger partial charge in [-0.1, -0.05) is 98.8 Å². The first kappa shape index (κ1) is 15.0. The van der Waals surface area contributed by atoms with Crippen molar-refractivity contribution in [3.8, 4) is 0 Å². The summed E-state index contributed by atoms with van der Waals surface area (Å²) in [6, 6.07) is 30.8. The number of rotatable bonds is 4. The zero-order valence-corrected chi connectivity index (χ0v) is 14.0. The van der Waals surface area contributed by atoms with Crippen molar-refractivity contribution in [1.82, 2.24) is 0 Å². The molecule has 0 fully saturated rings. The summed E-state index contributed by atoms with van der Waals surface area (Å²) in [4.78, 5) is 0. The van der Waals surface area contributed by atoms with E-state index >= 15 is 0 Å². The molecule has 22 heavy (non-hydrogen) atoms. The van der Waals surface area contributed by atoms with E-state index < -0.39 is 7.92 Å². The predicted octanol–water partition coefficient (Wildman–Crippen LogP) is 4.57. The van der Waals surface area contributed by atoms with Gasteiger partial charge in [-0.3, -0.25) is 0 Å². The van der Waals surface area contributed by atoms with E-state index in [0.717, 1.165) is 0 Å². The van der Waals surface area contributed by atoms with Crippen LogP contribution in [0.1, 0.15) is 25.3 Å². The summed E-state index contributed by atoms with van der Waals surface area (Å²) in [5.41, 5.74) is 1.41. The van der Waals surface area contributed by atoms with Crippen LogP contribution in [-0.2, 0) is 0 Å². The molecular weight excluding hydrogens is 283 g/mol. The molecule has 0 radical (unpaired) electrons. The van der Waals surface area contributed by atoms with Crippen molar-refractivity contribution in [2.24, 2.45) is 0 Å². The van der Waals surface area contributed by atoms with E-state index in [1.54, 1.807) is 0 Å². The Hall–Kier alpha value is -1.91. The number of hydrogen-bond acceptors (Lipinski definition) is 0. The van der Waals surface area contributed by atoms with E-state index in [0.29, 0.717) is 5.92 Å². The summed E-state index contributed by atoms with van der Waals surface area (Å²) in [5, 5.41) is 4.24. The summed E-state index contributed by atoms with van der Waals surface area (Å²) in [6.07, 6.45) is 0. The van der Waals surface area contributed by atoms with E-state index in [2.05, 4.69) is 98.8 Å². The van der Waals surface area contributed by atoms with Crippen LogP contribution < -0.4 is 15.9 Å². The lowest BCUT2D eigenvalue weighted by Crippen LogP contribution is -2.20. The zero-order valence-electron chi connectivity index (χ0n) is 13.1. The first-order valence-electron chi connectivity index (χ1n) is 7.76. The van der Waals surface area contributed by atoms with E-state index in [-0.39, 0.29) is 0 Å². The SMILES string of the molecule is CC(C)c1cccc(P(c2ccccc2)c2ccccc2)c1. The molecule has 0 atom stereocenters. The number of hydrogen-bond donors (Lipinski definition) is 0. The third-order valence-electron chi connectivity index (χ3n) is 3.82. The Balaban J connectivity index is 2.12. The maximum absolute atomic E-state index is 2.39. The molecule has 0 saturated carbocycles. The molecule has 0 unspecified atom stereocenters. The Bertz CT molecular complexity index is 678. The fourth-order valence-electron chi connectivity index (χ4n) is 2.62. The van der Waals surface area contributed by atoms with Crippen molar-refractivity contribution in [3.05, 3.63) is 90.5 Å². The minimum Gasteiger partial charge on any atom is -0.0622 e. The van der Waals surface area contributed by atoms with Crippen LogP contribution >= 0.6 is 7.92 Å². The van der Waals surface area contributed by atoms with Gasteiger partial charge >= 0.3 is 0 Å². The van der Waals surface area contributed by atoms with Gasteiger partial charge in [-0.15, -0.1) is 0 Å². The van der Waals surface area contributed by atoms with Crippen molar-refractivity contribution in [3.63, 3.8) is 0 Å². The summed E-state index contributed by atoms with van der Waals surface area (Å²) < 4.78 is 0. The van der Waals surface area contributed by atoms with Crippen LogP contribution in [0.4, 0.5) is 0 Å². The Morgan fingerprint density at radius 1 is 0.591 bits per heavy atom. The van der Waals surface area contributed by atoms with Crippen LogP contribution in [0.3, 0.4) is 0 Å². The van der Waals surface area contributed by atoms with E-state index in [1.165, 1.54) is 21.5 Å². The molecule has 0 bridgehead atoms. The molecule has 3 rings (SSSR count). The van der Waals surface area contributed by atoms with Crippen LogP contribution in [0.2, 0.25) is 0 Å². The van der Waals surface area contributed by atoms with Gasteiger partial charge in [-0.2, -0.15) is 0 Å². The third-order valence-corrected chi connectivity index (χ3v) is 6.25. The van der Waals surface area contributed by atoms with Gasteiger partial charge in [0, 0.05) is 0 Å². The number of benzene rings is 3. The van der Waals surface area contributed by atoms with Crippen LogP contribution in [0.25, 0.3) is 0 Å². The topological polar surface area (TPSA) is 0 Å². The highest BCUT2D eigenvalue weighted by atomic mass is 31.1. The molecule has 0 aliphatic rings. The molecule has 0 aromatic heterocycles. The van der Waals surface area contributed by atoms with Crippen LogP contribution in [0.15, 0.2) is 84.9 Å². The summed E-state index contributed by atoms with van der Waals surface area (Å²) in [5.74, 6) is 0.559. The fraction of sp³-hybridized carbons (Fsp3) is 0.143. The van der Waals surface area contributed by atoms with E-state index in [4.69, 9.17) is 0 Å². The molecule has 0 amide bonds. The Morgan fingerprint density at radius 3 is 1.59 bits per heavy atom. The van der Waals surface area contributed by atoms with Gasteiger partial charge in [0.15, 0.2) is 0 Å². The van der Waals surface area contributed by atoms with Gasteiger partial charge in [0.1, 0.15) is 0 Å². The standard InChI is InChI=1S/C21H21P/c1-17(2)18-10-9-15-21(16-18)22(19-11-5-3-6-12-19)20-13-7-4-8-14-20/h3-17H,1-2H3. The van der Waals surface area contributed by atoms with Crippen LogP contribution in [0.5, 0.6) is 0 Å². The van der Waals surface area contributed by atoms with E-state index in [9.17, 15) is 0 Å². The molecular formula is C21H21P. The molecule has 0 nitrogen and oxygen atoms in total. The molecule has 0 spiro atoms. The minimum absolute atomic E-state index is 0.487. The molecule has 110 valence electrons. The highest BCUT2D eigenvalue weighted by molar-refractivity contribution is 7.79. The first-order chi connectivity index (χ1) is 10.8. The Morgan fingerprint density at radius 2 is 1.09 bits per heavy atom. The lowest BCUT2D eigenvalue weighted by atomic mass is 10.0. The third kappa shape index (κ3) is 3.29. The van der Waals surface area contributed by atoms with Gasteiger partial charge in [0.05, 0.1) is 0 Å². The second-order valence-corrected chi connectivity index (χ2v) is 7.98. The minimum atomic E-state index is -0.487. The van der Waals surface area contributed by atoms with Crippen molar-refractivity contribution < 1.29 is 0 Å². The lowest BCUT2D eigenvalue weighted by molar-refractivity contribution is 0.868. The summed E-state index contributed by atoms with van der Waals surface area (Å²) >= 11 is 0. The maximum Gasteiger partial charge on any atom is -0.0134 e. The largest absolute Gasteiger partial charge is 0.0622 e. The summed E-state index contributed by atoms with van der Waals surface area (Å²) in [7, 11) is -0.487. The molecule has 3 aromatic carbocycles. The Kier molecular flexibility index (Phi) is 4.71. The van der Waals surface area contributed by atoms with E-state index in [1.807, 2.05) is 0 Å². The van der Waals surface area contributed by atoms with Gasteiger partial charge in [-0.05, 0) is 35.3 Å². The molecule has 0 aliphatic carbocycles. The predicted molar refractivity (Wildman–Crippen MR) is 99.2 cm³/mol. The van der Waals surface area contributed by atoms with Crippen molar-refractivity contribution in [2.45, 2.75) is 19.8 Å². The second kappa shape index (κ2) is 6.90. The van der Waals surface area contributed by atoms with Crippen molar-refractivity contribution in [1.29, 1.82) is 0 Å². The van der Waals surface area contributed by atoms with Crippen molar-refractivity contribution in [2.75, 3.05) is 0 Å². The lowest BCUT2D eigenvalue weighted by Gasteiger charge is -2.20. The molecule has 0 saturated heterocycles. The van der Waals surface area contributed by atoms with Crippen LogP contribution in [0, 0.1) is 0 Å². The molecule has 3 aromatic rings. The molecule has 0 aliphatic heterocycles. The molecule has 0 N–H and O–H groups in total. The smallest absolute Gasteiger partial charge is 0.0134 e. The highest BCUT2D eigenvalue weighted by Gasteiger charge is 2.16. The van der Waals surface area contributed by atoms with Crippen molar-refractivity contribution >= 4 is 23.8 Å². The zero-order chi connectivity index (χ0) is 15.4. The molecule has 0 heterocycles. The Labute approximate surface area is 134 Å². The van der Waals surface area contributed by atoms with Gasteiger partial charge in [0.2, 0.25) is 0 Å².